The molecule has 0 aliphatic heterocycles. The summed E-state index contributed by atoms with van der Waals surface area (Å²) in [6.07, 6.45) is 17.2. The first-order valence-corrected chi connectivity index (χ1v) is 9.52. The van der Waals surface area contributed by atoms with Gasteiger partial charge in [0.15, 0.2) is 0 Å². The summed E-state index contributed by atoms with van der Waals surface area (Å²) < 4.78 is 1.31. The number of hydrogen-bond acceptors (Lipinski definition) is 0. The Bertz CT molecular complexity index is 182. The first-order valence-electron chi connectivity index (χ1n) is 9.52. The molecule has 0 unspecified atom stereocenters. The fraction of sp³-hybridized carbons (Fsp3) is 1.00. The highest BCUT2D eigenvalue weighted by atomic mass is 15.3. The number of quaternary nitrogens is 1. The van der Waals surface area contributed by atoms with Crippen LogP contribution in [0.4, 0.5) is 0 Å². The zero-order valence-corrected chi connectivity index (χ0v) is 15.1. The first-order chi connectivity index (χ1) is 9.68. The predicted octanol–water partition coefficient (Wildman–Crippen LogP) is 6.17. The van der Waals surface area contributed by atoms with Gasteiger partial charge in [-0.25, -0.2) is 0 Å². The summed E-state index contributed by atoms with van der Waals surface area (Å²) in [6, 6.07) is 0. The van der Waals surface area contributed by atoms with Crippen LogP contribution in [0.3, 0.4) is 0 Å². The Morgan fingerprint density at radius 3 is 1.25 bits per heavy atom. The Balaban J connectivity index is 3.41. The molecule has 0 aromatic rings. The summed E-state index contributed by atoms with van der Waals surface area (Å²) >= 11 is 0. The zero-order valence-electron chi connectivity index (χ0n) is 15.1. The van der Waals surface area contributed by atoms with Gasteiger partial charge in [-0.3, -0.25) is 0 Å². The third-order valence-electron chi connectivity index (χ3n) is 4.58. The van der Waals surface area contributed by atoms with Crippen LogP contribution in [0.2, 0.25) is 0 Å². The molecule has 1 heteroatoms. The molecule has 0 spiro atoms. The molecule has 20 heavy (non-hydrogen) atoms. The molecule has 0 N–H and O–H groups in total. The van der Waals surface area contributed by atoms with Crippen molar-refractivity contribution in [1.82, 2.24) is 0 Å². The average Bonchev–Trinajstić information content (AvgIpc) is 2.41. The molecule has 1 nitrogen and oxygen atoms in total. The van der Waals surface area contributed by atoms with Gasteiger partial charge < -0.3 is 4.48 Å². The van der Waals surface area contributed by atoms with Crippen LogP contribution in [-0.2, 0) is 0 Å². The van der Waals surface area contributed by atoms with Crippen LogP contribution in [0.1, 0.15) is 97.8 Å². The topological polar surface area (TPSA) is 0 Å². The van der Waals surface area contributed by atoms with Crippen LogP contribution in [0.25, 0.3) is 0 Å². The van der Waals surface area contributed by atoms with Crippen LogP contribution in [0.15, 0.2) is 0 Å². The van der Waals surface area contributed by atoms with E-state index in [1.807, 2.05) is 0 Å². The third kappa shape index (κ3) is 11.8. The fourth-order valence-electron chi connectivity index (χ4n) is 3.40. The summed E-state index contributed by atoms with van der Waals surface area (Å²) in [5.74, 6) is 0. The maximum Gasteiger partial charge on any atom is 0.0784 e. The number of unbranched alkanes of at least 4 members (excludes halogenated alkanes) is 9. The molecule has 0 saturated carbocycles. The summed E-state index contributed by atoms with van der Waals surface area (Å²) in [6.45, 7) is 11.1. The predicted molar refractivity (Wildman–Crippen MR) is 93.2 cm³/mol. The number of hydrogen-bond donors (Lipinski definition) is 0. The minimum Gasteiger partial charge on any atom is -0.326 e. The Labute approximate surface area is 129 Å². The van der Waals surface area contributed by atoms with Crippen LogP contribution < -0.4 is 0 Å². The van der Waals surface area contributed by atoms with Crippen molar-refractivity contribution in [3.63, 3.8) is 0 Å². The van der Waals surface area contributed by atoms with E-state index in [0.29, 0.717) is 0 Å². The van der Waals surface area contributed by atoms with E-state index >= 15 is 0 Å². The molecule has 0 aliphatic rings. The van der Waals surface area contributed by atoms with Gasteiger partial charge in [0.2, 0.25) is 0 Å². The molecule has 0 fully saturated rings. The highest BCUT2D eigenvalue weighted by Crippen LogP contribution is 2.13. The molecule has 0 rings (SSSR count). The Kier molecular flexibility index (Phi) is 13.9. The SMILES string of the molecule is CCCCCCCCCCCC[N+](C)(CCC)CCC. The van der Waals surface area contributed by atoms with Gasteiger partial charge in [0.1, 0.15) is 0 Å². The summed E-state index contributed by atoms with van der Waals surface area (Å²) in [7, 11) is 2.46. The van der Waals surface area contributed by atoms with Crippen molar-refractivity contribution in [2.45, 2.75) is 97.8 Å². The van der Waals surface area contributed by atoms with Gasteiger partial charge in [-0.1, -0.05) is 72.1 Å². The molecule has 0 heterocycles. The molecule has 0 bridgehead atoms. The Hall–Kier alpha value is -0.0400. The van der Waals surface area contributed by atoms with Gasteiger partial charge in [0.25, 0.3) is 0 Å². The lowest BCUT2D eigenvalue weighted by Crippen LogP contribution is -2.45. The molecular weight excluding hydrogens is 242 g/mol. The third-order valence-corrected chi connectivity index (χ3v) is 4.58. The van der Waals surface area contributed by atoms with E-state index in [0.717, 1.165) is 0 Å². The lowest BCUT2D eigenvalue weighted by Gasteiger charge is -2.34. The van der Waals surface area contributed by atoms with Gasteiger partial charge in [-0.2, -0.15) is 0 Å². The van der Waals surface area contributed by atoms with Gasteiger partial charge in [0.05, 0.1) is 26.7 Å². The molecule has 122 valence electrons. The standard InChI is InChI=1S/C19H42N/c1-5-8-9-10-11-12-13-14-15-16-19-20(4,17-6-2)18-7-3/h5-19H2,1-4H3/q+1. The van der Waals surface area contributed by atoms with E-state index < -0.39 is 0 Å². The fourth-order valence-corrected chi connectivity index (χ4v) is 3.40. The highest BCUT2D eigenvalue weighted by Gasteiger charge is 2.18. The van der Waals surface area contributed by atoms with Crippen molar-refractivity contribution in [1.29, 1.82) is 0 Å². The van der Waals surface area contributed by atoms with E-state index in [4.69, 9.17) is 0 Å². The normalized spacial score (nSPS) is 12.0. The first kappa shape index (κ1) is 20.0. The molecule has 0 aliphatic carbocycles. The van der Waals surface area contributed by atoms with Crippen LogP contribution >= 0.6 is 0 Å². The lowest BCUT2D eigenvalue weighted by molar-refractivity contribution is -0.909. The van der Waals surface area contributed by atoms with Crippen molar-refractivity contribution >= 4 is 0 Å². The van der Waals surface area contributed by atoms with Crippen molar-refractivity contribution in [3.8, 4) is 0 Å². The van der Waals surface area contributed by atoms with E-state index in [1.54, 1.807) is 0 Å². The van der Waals surface area contributed by atoms with Crippen LogP contribution in [0, 0.1) is 0 Å². The van der Waals surface area contributed by atoms with Crippen molar-refractivity contribution in [3.05, 3.63) is 0 Å². The summed E-state index contributed by atoms with van der Waals surface area (Å²) in [5.41, 5.74) is 0. The molecule has 0 radical (unpaired) electrons. The minimum atomic E-state index is 1.31. The number of nitrogens with zero attached hydrogens (tertiary/aromatic N) is 1. The quantitative estimate of drug-likeness (QED) is 0.249. The monoisotopic (exact) mass is 284 g/mol. The Morgan fingerprint density at radius 2 is 0.850 bits per heavy atom. The van der Waals surface area contributed by atoms with E-state index in [-0.39, 0.29) is 0 Å². The van der Waals surface area contributed by atoms with Crippen molar-refractivity contribution in [2.75, 3.05) is 26.7 Å². The Morgan fingerprint density at radius 1 is 0.450 bits per heavy atom. The van der Waals surface area contributed by atoms with Gasteiger partial charge >= 0.3 is 0 Å². The molecule has 0 saturated heterocycles. The molecule has 0 aromatic heterocycles. The second-order valence-corrected chi connectivity index (χ2v) is 6.97. The van der Waals surface area contributed by atoms with Crippen molar-refractivity contribution in [2.24, 2.45) is 0 Å². The van der Waals surface area contributed by atoms with E-state index in [9.17, 15) is 0 Å². The second kappa shape index (κ2) is 13.9. The van der Waals surface area contributed by atoms with Crippen LogP contribution in [-0.4, -0.2) is 31.2 Å². The van der Waals surface area contributed by atoms with Gasteiger partial charge in [-0.15, -0.1) is 0 Å². The van der Waals surface area contributed by atoms with Crippen molar-refractivity contribution < 1.29 is 4.48 Å². The largest absolute Gasteiger partial charge is 0.326 e. The van der Waals surface area contributed by atoms with E-state index in [1.165, 1.54) is 101 Å². The average molecular weight is 285 g/mol. The molecule has 0 atom stereocenters. The summed E-state index contributed by atoms with van der Waals surface area (Å²) in [5, 5.41) is 0. The van der Waals surface area contributed by atoms with Gasteiger partial charge in [-0.05, 0) is 25.7 Å². The van der Waals surface area contributed by atoms with Crippen LogP contribution in [0.5, 0.6) is 0 Å². The second-order valence-electron chi connectivity index (χ2n) is 6.97. The molecule has 0 amide bonds. The zero-order chi connectivity index (χ0) is 15.1. The smallest absolute Gasteiger partial charge is 0.0784 e. The maximum atomic E-state index is 2.46. The number of rotatable bonds is 15. The van der Waals surface area contributed by atoms with Gasteiger partial charge in [0, 0.05) is 0 Å². The molecule has 0 aromatic carbocycles. The summed E-state index contributed by atoms with van der Waals surface area (Å²) in [4.78, 5) is 0. The maximum absolute atomic E-state index is 2.46. The lowest BCUT2D eigenvalue weighted by atomic mass is 10.1. The van der Waals surface area contributed by atoms with E-state index in [2.05, 4.69) is 27.8 Å². The highest BCUT2D eigenvalue weighted by molar-refractivity contribution is 4.48. The minimum absolute atomic E-state index is 1.31. The molecular formula is C19H42N+.